The first-order valence-electron chi connectivity index (χ1n) is 6.06. The monoisotopic (exact) mass is 257 g/mol. The minimum absolute atomic E-state index is 0.0788. The van der Waals surface area contributed by atoms with E-state index >= 15 is 0 Å². The van der Waals surface area contributed by atoms with E-state index in [4.69, 9.17) is 15.2 Å². The minimum atomic E-state index is -0.726. The molecule has 0 amide bonds. The average molecular weight is 257 g/mol. The fraction of sp³-hybridized carbons (Fsp3) is 0.692. The van der Waals surface area contributed by atoms with Crippen molar-refractivity contribution >= 4 is 0 Å². The number of hydrogen-bond donors (Lipinski definition) is 3. The van der Waals surface area contributed by atoms with Crippen molar-refractivity contribution < 1.29 is 14.6 Å². The third kappa shape index (κ3) is 7.32. The van der Waals surface area contributed by atoms with Gasteiger partial charge in [-0.05, 0) is 25.8 Å². The molecule has 0 aliphatic carbocycles. The first-order chi connectivity index (χ1) is 8.54. The van der Waals surface area contributed by atoms with Crippen molar-refractivity contribution in [3.63, 3.8) is 0 Å². The molecular weight excluding hydrogens is 232 g/mol. The van der Waals surface area contributed by atoms with Gasteiger partial charge in [0.15, 0.2) is 0 Å². The molecule has 0 aliphatic rings. The zero-order chi connectivity index (χ0) is 14.0. The Kier molecular flexibility index (Phi) is 9.36. The Balaban J connectivity index is 4.13. The van der Waals surface area contributed by atoms with Crippen molar-refractivity contribution in [2.45, 2.75) is 32.4 Å². The van der Waals surface area contributed by atoms with E-state index in [2.05, 4.69) is 18.1 Å². The van der Waals surface area contributed by atoms with E-state index in [1.165, 1.54) is 0 Å². The molecule has 5 heteroatoms. The molecule has 0 bridgehead atoms. The van der Waals surface area contributed by atoms with Gasteiger partial charge in [0.2, 0.25) is 0 Å². The lowest BCUT2D eigenvalue weighted by molar-refractivity contribution is 0.0992. The van der Waals surface area contributed by atoms with Crippen LogP contribution in [0.2, 0.25) is 0 Å². The highest BCUT2D eigenvalue weighted by atomic mass is 16.5. The van der Waals surface area contributed by atoms with Crippen molar-refractivity contribution in [2.24, 2.45) is 5.73 Å². The minimum Gasteiger partial charge on any atom is -0.496 e. The van der Waals surface area contributed by atoms with Gasteiger partial charge in [0.1, 0.15) is 11.9 Å². The number of nitrogens with two attached hydrogens (primary N) is 1. The zero-order valence-corrected chi connectivity index (χ0v) is 11.5. The van der Waals surface area contributed by atoms with Crippen molar-refractivity contribution in [3.8, 4) is 0 Å². The van der Waals surface area contributed by atoms with E-state index in [1.807, 2.05) is 13.8 Å². The smallest absolute Gasteiger partial charge is 0.123 e. The molecule has 0 aromatic carbocycles. The van der Waals surface area contributed by atoms with E-state index in [-0.39, 0.29) is 6.04 Å². The van der Waals surface area contributed by atoms with Gasteiger partial charge in [0.25, 0.3) is 0 Å². The topological polar surface area (TPSA) is 76.7 Å². The quantitative estimate of drug-likeness (QED) is 0.394. The van der Waals surface area contributed by atoms with E-state index < -0.39 is 6.10 Å². The zero-order valence-electron chi connectivity index (χ0n) is 11.5. The number of methoxy groups -OCH3 is 1. The van der Waals surface area contributed by atoms with E-state index in [0.29, 0.717) is 25.5 Å². The number of aliphatic hydroxyl groups excluding tert-OH is 1. The summed E-state index contributed by atoms with van der Waals surface area (Å²) in [5.74, 6) is 0.374. The molecular formula is C13H25N2O3. The molecule has 5 nitrogen and oxygen atoms in total. The number of aliphatic hydroxyl groups is 1. The molecule has 0 aromatic rings. The lowest BCUT2D eigenvalue weighted by Gasteiger charge is -2.21. The Morgan fingerprint density at radius 2 is 2.22 bits per heavy atom. The summed E-state index contributed by atoms with van der Waals surface area (Å²) in [5, 5.41) is 13.0. The van der Waals surface area contributed by atoms with Crippen LogP contribution in [0.3, 0.4) is 0 Å². The standard InChI is InChI=1S/C13H25N2O3/c1-5-18-11(3)13(16)8-15-12(9-17-4)6-10(2)7-14/h12-13,15-16H,3,5-6,8-9,14H2,1-2,4H3. The maximum absolute atomic E-state index is 9.78. The van der Waals surface area contributed by atoms with Gasteiger partial charge >= 0.3 is 0 Å². The van der Waals surface area contributed by atoms with E-state index in [9.17, 15) is 5.11 Å². The van der Waals surface area contributed by atoms with Crippen LogP contribution in [0.25, 0.3) is 0 Å². The van der Waals surface area contributed by atoms with Crippen LogP contribution in [0.5, 0.6) is 0 Å². The van der Waals surface area contributed by atoms with Gasteiger partial charge in [-0.15, -0.1) is 0 Å². The van der Waals surface area contributed by atoms with Crippen LogP contribution in [-0.2, 0) is 9.47 Å². The van der Waals surface area contributed by atoms with Gasteiger partial charge < -0.3 is 25.6 Å². The Bertz CT molecular complexity index is 267. The highest BCUT2D eigenvalue weighted by Gasteiger charge is 2.14. The molecule has 0 aromatic heterocycles. The molecule has 2 unspecified atom stereocenters. The molecule has 0 aliphatic heterocycles. The SMILES string of the molecule is C=C(OCC)C(O)CNC(COC)C/C(C)=[C]/N. The second kappa shape index (κ2) is 9.94. The fourth-order valence-corrected chi connectivity index (χ4v) is 1.49. The van der Waals surface area contributed by atoms with Gasteiger partial charge in [-0.1, -0.05) is 6.58 Å². The molecule has 0 spiro atoms. The summed E-state index contributed by atoms with van der Waals surface area (Å²) >= 11 is 0. The summed E-state index contributed by atoms with van der Waals surface area (Å²) in [7, 11) is 1.63. The van der Waals surface area contributed by atoms with E-state index in [1.54, 1.807) is 7.11 Å². The van der Waals surface area contributed by atoms with Crippen molar-refractivity contribution in [1.82, 2.24) is 5.32 Å². The van der Waals surface area contributed by atoms with Crippen LogP contribution in [-0.4, -0.2) is 44.1 Å². The van der Waals surface area contributed by atoms with Crippen molar-refractivity contribution in [1.29, 1.82) is 0 Å². The third-order valence-corrected chi connectivity index (χ3v) is 2.47. The number of ether oxygens (including phenoxy) is 2. The Hall–Kier alpha value is -1.04. The van der Waals surface area contributed by atoms with Gasteiger partial charge in [-0.2, -0.15) is 0 Å². The summed E-state index contributed by atoms with van der Waals surface area (Å²) in [6.45, 7) is 8.82. The maximum atomic E-state index is 9.78. The molecule has 2 atom stereocenters. The molecule has 0 rings (SSSR count). The molecule has 0 saturated carbocycles. The van der Waals surface area contributed by atoms with E-state index in [0.717, 1.165) is 12.0 Å². The molecule has 0 saturated heterocycles. The average Bonchev–Trinajstić information content (AvgIpc) is 2.35. The highest BCUT2D eigenvalue weighted by Crippen LogP contribution is 2.05. The third-order valence-electron chi connectivity index (χ3n) is 2.47. The molecule has 18 heavy (non-hydrogen) atoms. The summed E-state index contributed by atoms with van der Waals surface area (Å²) in [6, 6.07) is 0.0788. The largest absolute Gasteiger partial charge is 0.496 e. The Morgan fingerprint density at radius 3 is 2.72 bits per heavy atom. The number of rotatable bonds is 10. The Labute approximate surface area is 110 Å². The highest BCUT2D eigenvalue weighted by molar-refractivity contribution is 4.97. The molecule has 1 radical (unpaired) electrons. The first kappa shape index (κ1) is 17.0. The second-order valence-corrected chi connectivity index (χ2v) is 4.10. The van der Waals surface area contributed by atoms with Crippen molar-refractivity contribution in [2.75, 3.05) is 26.9 Å². The predicted octanol–water partition coefficient (Wildman–Crippen LogP) is 0.558. The summed E-state index contributed by atoms with van der Waals surface area (Å²) in [5.41, 5.74) is 6.27. The van der Waals surface area contributed by atoms with Gasteiger partial charge in [0.05, 0.1) is 19.4 Å². The van der Waals surface area contributed by atoms with Gasteiger partial charge in [-0.3, -0.25) is 0 Å². The fourth-order valence-electron chi connectivity index (χ4n) is 1.49. The van der Waals surface area contributed by atoms with Crippen LogP contribution in [0, 0.1) is 6.20 Å². The van der Waals surface area contributed by atoms with Gasteiger partial charge in [-0.25, -0.2) is 0 Å². The molecule has 105 valence electrons. The van der Waals surface area contributed by atoms with Crippen molar-refractivity contribution in [3.05, 3.63) is 24.1 Å². The van der Waals surface area contributed by atoms with Crippen LogP contribution < -0.4 is 11.1 Å². The predicted molar refractivity (Wildman–Crippen MR) is 71.7 cm³/mol. The molecule has 4 N–H and O–H groups in total. The number of nitrogens with one attached hydrogen (secondary N) is 1. The summed E-state index contributed by atoms with van der Waals surface area (Å²) in [6.07, 6.45) is 2.59. The molecule has 0 heterocycles. The van der Waals surface area contributed by atoms with Crippen LogP contribution in [0.4, 0.5) is 0 Å². The lowest BCUT2D eigenvalue weighted by Crippen LogP contribution is -2.39. The number of hydrogen-bond acceptors (Lipinski definition) is 5. The summed E-state index contributed by atoms with van der Waals surface area (Å²) in [4.78, 5) is 0. The molecule has 0 fully saturated rings. The normalized spacial score (nSPS) is 15.2. The van der Waals surface area contributed by atoms with Crippen LogP contribution >= 0.6 is 0 Å². The first-order valence-corrected chi connectivity index (χ1v) is 6.06. The Morgan fingerprint density at radius 1 is 1.56 bits per heavy atom. The second-order valence-electron chi connectivity index (χ2n) is 4.10. The summed E-state index contributed by atoms with van der Waals surface area (Å²) < 4.78 is 10.3. The van der Waals surface area contributed by atoms with Gasteiger partial charge in [0, 0.05) is 19.7 Å². The van der Waals surface area contributed by atoms with Crippen LogP contribution in [0.15, 0.2) is 17.9 Å². The maximum Gasteiger partial charge on any atom is 0.123 e. The van der Waals surface area contributed by atoms with Crippen LogP contribution in [0.1, 0.15) is 20.3 Å². The lowest BCUT2D eigenvalue weighted by atomic mass is 10.1.